The molecular weight excluding hydrogens is 498 g/mol. The van der Waals surface area contributed by atoms with Crippen molar-refractivity contribution in [1.29, 1.82) is 0 Å². The van der Waals surface area contributed by atoms with Crippen LogP contribution in [0.1, 0.15) is 84.1 Å². The zero-order valence-corrected chi connectivity index (χ0v) is 22.3. The van der Waals surface area contributed by atoms with E-state index in [0.29, 0.717) is 26.2 Å². The van der Waals surface area contributed by atoms with Gasteiger partial charge >= 0.3 is 5.97 Å². The average Bonchev–Trinajstić information content (AvgIpc) is 2.88. The Balaban J connectivity index is 1.97. The van der Waals surface area contributed by atoms with E-state index in [1.54, 1.807) is 0 Å². The number of benzene rings is 1. The predicted octanol–water partition coefficient (Wildman–Crippen LogP) is 3.48. The Labute approximate surface area is 218 Å². The smallest absolute Gasteiger partial charge is 0.357 e. The number of nitrogens with one attached hydrogen (secondary N) is 2. The number of aromatic nitrogens is 1. The third-order valence-corrected chi connectivity index (χ3v) is 6.69. The Morgan fingerprint density at radius 3 is 2.14 bits per heavy atom. The molecule has 2 amide bonds. The molecule has 0 unspecified atom stereocenters. The summed E-state index contributed by atoms with van der Waals surface area (Å²) in [6.45, 7) is 7.47. The van der Waals surface area contributed by atoms with Crippen molar-refractivity contribution in [2.75, 3.05) is 19.8 Å². The summed E-state index contributed by atoms with van der Waals surface area (Å²) in [5, 5.41) is 2.73. The van der Waals surface area contributed by atoms with Crippen molar-refractivity contribution < 1.29 is 32.3 Å². The number of hydrogen-bond donors (Lipinski definition) is 2. The molecular formula is C26H35N3O7S. The van der Waals surface area contributed by atoms with Crippen LogP contribution >= 0.6 is 0 Å². The number of rotatable bonds is 15. The quantitative estimate of drug-likeness (QED) is 0.262. The first-order valence-corrected chi connectivity index (χ1v) is 13.9. The summed E-state index contributed by atoms with van der Waals surface area (Å²) < 4.78 is 38.0. The second kappa shape index (κ2) is 15.1. The number of nitrogens with zero attached hydrogens (tertiary/aromatic N) is 1. The molecule has 0 fully saturated rings. The molecule has 2 N–H and O–H groups in total. The highest BCUT2D eigenvalue weighted by Crippen LogP contribution is 2.14. The average molecular weight is 534 g/mol. The van der Waals surface area contributed by atoms with Gasteiger partial charge in [0.1, 0.15) is 11.8 Å². The lowest BCUT2D eigenvalue weighted by atomic mass is 10.1. The molecule has 1 aromatic carbocycles. The van der Waals surface area contributed by atoms with Crippen LogP contribution in [-0.4, -0.2) is 57.0 Å². The molecule has 0 saturated carbocycles. The Kier molecular flexibility index (Phi) is 12.2. The highest BCUT2D eigenvalue weighted by atomic mass is 32.2. The second-order valence-corrected chi connectivity index (χ2v) is 9.98. The predicted molar refractivity (Wildman–Crippen MR) is 138 cm³/mol. The lowest BCUT2D eigenvalue weighted by Gasteiger charge is -2.16. The SMILES string of the molecule is CCCC(CCC)OC(=O)c1ccc(C(=O)NS(=O)(=O)c2ccc(C(=O)NCCCOCC)cc2)cn1. The van der Waals surface area contributed by atoms with Gasteiger partial charge in [-0.25, -0.2) is 22.9 Å². The van der Waals surface area contributed by atoms with Crippen molar-refractivity contribution in [1.82, 2.24) is 15.0 Å². The third-order valence-electron chi connectivity index (χ3n) is 5.34. The van der Waals surface area contributed by atoms with Crippen molar-refractivity contribution in [2.24, 2.45) is 0 Å². The number of carbonyl (C=O) groups excluding carboxylic acids is 3. The molecule has 11 heteroatoms. The molecule has 0 spiro atoms. The first kappa shape index (κ1) is 29.9. The summed E-state index contributed by atoms with van der Waals surface area (Å²) in [5.41, 5.74) is 0.277. The lowest BCUT2D eigenvalue weighted by molar-refractivity contribution is 0.0251. The van der Waals surface area contributed by atoms with Gasteiger partial charge in [-0.05, 0) is 62.6 Å². The van der Waals surface area contributed by atoms with Gasteiger partial charge < -0.3 is 14.8 Å². The summed E-state index contributed by atoms with van der Waals surface area (Å²) in [7, 11) is -4.20. The van der Waals surface area contributed by atoms with Gasteiger partial charge in [0.05, 0.1) is 10.5 Å². The van der Waals surface area contributed by atoms with E-state index in [-0.39, 0.29) is 33.7 Å². The highest BCUT2D eigenvalue weighted by Gasteiger charge is 2.21. The molecule has 37 heavy (non-hydrogen) atoms. The first-order chi connectivity index (χ1) is 17.7. The maximum atomic E-state index is 12.6. The normalized spacial score (nSPS) is 11.2. The number of carbonyl (C=O) groups is 3. The molecule has 1 heterocycles. The Hall–Kier alpha value is -3.31. The minimum Gasteiger partial charge on any atom is -0.458 e. The van der Waals surface area contributed by atoms with Crippen molar-refractivity contribution in [3.8, 4) is 0 Å². The summed E-state index contributed by atoms with van der Waals surface area (Å²) in [5.74, 6) is -1.84. The fourth-order valence-electron chi connectivity index (χ4n) is 3.41. The maximum absolute atomic E-state index is 12.6. The fraction of sp³-hybridized carbons (Fsp3) is 0.462. The van der Waals surface area contributed by atoms with Gasteiger partial charge in [-0.15, -0.1) is 0 Å². The minimum atomic E-state index is -4.20. The van der Waals surface area contributed by atoms with Crippen LogP contribution in [0.2, 0.25) is 0 Å². The van der Waals surface area contributed by atoms with Gasteiger partial charge in [-0.2, -0.15) is 0 Å². The number of ether oxygens (including phenoxy) is 2. The van der Waals surface area contributed by atoms with E-state index in [1.165, 1.54) is 36.4 Å². The summed E-state index contributed by atoms with van der Waals surface area (Å²) in [4.78, 5) is 40.8. The van der Waals surface area contributed by atoms with E-state index >= 15 is 0 Å². The molecule has 0 aliphatic heterocycles. The monoisotopic (exact) mass is 533 g/mol. The molecule has 0 aliphatic carbocycles. The zero-order valence-electron chi connectivity index (χ0n) is 21.5. The van der Waals surface area contributed by atoms with Gasteiger partial charge in [0.15, 0.2) is 0 Å². The lowest BCUT2D eigenvalue weighted by Crippen LogP contribution is -2.31. The van der Waals surface area contributed by atoms with Gasteiger partial charge in [-0.1, -0.05) is 26.7 Å². The van der Waals surface area contributed by atoms with E-state index in [9.17, 15) is 22.8 Å². The van der Waals surface area contributed by atoms with Crippen LogP contribution in [0.5, 0.6) is 0 Å². The number of pyridine rings is 1. The van der Waals surface area contributed by atoms with Crippen molar-refractivity contribution in [3.63, 3.8) is 0 Å². The standard InChI is InChI=1S/C26H35N3O7S/c1-4-8-21(9-5-2)36-26(32)23-15-12-20(18-28-23)25(31)29-37(33,34)22-13-10-19(11-14-22)24(30)27-16-7-17-35-6-3/h10-15,18,21H,4-9,16-17H2,1-3H3,(H,27,30)(H,29,31). The first-order valence-electron chi connectivity index (χ1n) is 12.4. The van der Waals surface area contributed by atoms with Crippen LogP contribution in [0.3, 0.4) is 0 Å². The molecule has 10 nitrogen and oxygen atoms in total. The van der Waals surface area contributed by atoms with Crippen LogP contribution in [0.25, 0.3) is 0 Å². The highest BCUT2D eigenvalue weighted by molar-refractivity contribution is 7.90. The number of amides is 2. The summed E-state index contributed by atoms with van der Waals surface area (Å²) >= 11 is 0. The van der Waals surface area contributed by atoms with E-state index < -0.39 is 21.9 Å². The molecule has 0 radical (unpaired) electrons. The second-order valence-electron chi connectivity index (χ2n) is 8.30. The topological polar surface area (TPSA) is 141 Å². The molecule has 2 aromatic rings. The molecule has 202 valence electrons. The van der Waals surface area contributed by atoms with Crippen LogP contribution in [0, 0.1) is 0 Å². The van der Waals surface area contributed by atoms with E-state index in [2.05, 4.69) is 10.3 Å². The number of hydrogen-bond acceptors (Lipinski definition) is 8. The van der Waals surface area contributed by atoms with Crippen LogP contribution in [0.15, 0.2) is 47.5 Å². The molecule has 0 atom stereocenters. The molecule has 0 saturated heterocycles. The van der Waals surface area contributed by atoms with Crippen LogP contribution in [-0.2, 0) is 19.5 Å². The minimum absolute atomic E-state index is 0.0309. The van der Waals surface area contributed by atoms with E-state index in [1.807, 2.05) is 25.5 Å². The van der Waals surface area contributed by atoms with Crippen molar-refractivity contribution in [3.05, 3.63) is 59.4 Å². The molecule has 0 bridgehead atoms. The Morgan fingerprint density at radius 1 is 0.919 bits per heavy atom. The Bertz CT molecular complexity index is 1130. The number of esters is 1. The van der Waals surface area contributed by atoms with Crippen LogP contribution in [0.4, 0.5) is 0 Å². The largest absolute Gasteiger partial charge is 0.458 e. The maximum Gasteiger partial charge on any atom is 0.357 e. The fourth-order valence-corrected chi connectivity index (χ4v) is 4.39. The Morgan fingerprint density at radius 2 is 1.57 bits per heavy atom. The molecule has 1 aromatic heterocycles. The van der Waals surface area contributed by atoms with Crippen molar-refractivity contribution >= 4 is 27.8 Å². The molecule has 2 rings (SSSR count). The van der Waals surface area contributed by atoms with Gasteiger partial charge in [0.25, 0.3) is 21.8 Å². The van der Waals surface area contributed by atoms with E-state index in [4.69, 9.17) is 9.47 Å². The van der Waals surface area contributed by atoms with Crippen molar-refractivity contribution in [2.45, 2.75) is 63.9 Å². The van der Waals surface area contributed by atoms with E-state index in [0.717, 1.165) is 31.9 Å². The number of sulfonamides is 1. The molecule has 0 aliphatic rings. The summed E-state index contributed by atoms with van der Waals surface area (Å²) in [6.07, 6.45) is 4.84. The zero-order chi connectivity index (χ0) is 27.3. The van der Waals surface area contributed by atoms with Gasteiger partial charge in [-0.3, -0.25) is 9.59 Å². The van der Waals surface area contributed by atoms with Gasteiger partial charge in [0.2, 0.25) is 0 Å². The van der Waals surface area contributed by atoms with Crippen LogP contribution < -0.4 is 10.0 Å². The third kappa shape index (κ3) is 9.58. The summed E-state index contributed by atoms with van der Waals surface area (Å²) in [6, 6.07) is 7.84. The van der Waals surface area contributed by atoms with Gasteiger partial charge in [0, 0.05) is 31.5 Å².